The third-order valence-electron chi connectivity index (χ3n) is 3.04. The van der Waals surface area contributed by atoms with Crippen molar-refractivity contribution >= 4 is 0 Å². The van der Waals surface area contributed by atoms with Crippen LogP contribution in [0.1, 0.15) is 5.56 Å². The smallest absolute Gasteiger partial charge is 0.0798 e. The summed E-state index contributed by atoms with van der Waals surface area (Å²) in [7, 11) is 0. The monoisotopic (exact) mass is 247 g/mol. The van der Waals surface area contributed by atoms with E-state index in [9.17, 15) is 0 Å². The first-order chi connectivity index (χ1) is 9.36. The van der Waals surface area contributed by atoms with E-state index < -0.39 is 0 Å². The molecule has 0 aliphatic carbocycles. The molecule has 3 rings (SSSR count). The Labute approximate surface area is 112 Å². The minimum atomic E-state index is 0.945. The van der Waals surface area contributed by atoms with Gasteiger partial charge in [-0.3, -0.25) is 15.0 Å². The Kier molecular flexibility index (Phi) is 3.02. The molecule has 0 radical (unpaired) electrons. The topological polar surface area (TPSA) is 38.7 Å². The van der Waals surface area contributed by atoms with Crippen molar-refractivity contribution in [1.29, 1.82) is 0 Å². The summed E-state index contributed by atoms with van der Waals surface area (Å²) in [5, 5.41) is 0. The molecule has 0 unspecified atom stereocenters. The highest BCUT2D eigenvalue weighted by atomic mass is 14.7. The van der Waals surface area contributed by atoms with Crippen LogP contribution in [0.5, 0.6) is 0 Å². The summed E-state index contributed by atoms with van der Waals surface area (Å²) in [6.07, 6.45) is 9.07. The lowest BCUT2D eigenvalue weighted by Gasteiger charge is -2.11. The molecule has 92 valence electrons. The summed E-state index contributed by atoms with van der Waals surface area (Å²) in [5.41, 5.74) is 5.34. The van der Waals surface area contributed by atoms with Gasteiger partial charge in [0.25, 0.3) is 0 Å². The lowest BCUT2D eigenvalue weighted by atomic mass is 9.97. The predicted molar refractivity (Wildman–Crippen MR) is 75.4 cm³/mol. The van der Waals surface area contributed by atoms with Crippen molar-refractivity contribution < 1.29 is 0 Å². The predicted octanol–water partition coefficient (Wildman–Crippen LogP) is 3.51. The molecular weight excluding hydrogens is 234 g/mol. The molecule has 3 nitrogen and oxygen atoms in total. The number of aryl methyl sites for hydroxylation is 1. The van der Waals surface area contributed by atoms with Gasteiger partial charge in [0.05, 0.1) is 5.69 Å². The van der Waals surface area contributed by atoms with E-state index >= 15 is 0 Å². The molecule has 0 amide bonds. The van der Waals surface area contributed by atoms with Crippen LogP contribution in [-0.4, -0.2) is 15.0 Å². The molecule has 0 saturated heterocycles. The van der Waals surface area contributed by atoms with Crippen molar-refractivity contribution in [2.75, 3.05) is 0 Å². The lowest BCUT2D eigenvalue weighted by molar-refractivity contribution is 1.25. The van der Waals surface area contributed by atoms with Crippen LogP contribution in [-0.2, 0) is 0 Å². The van der Waals surface area contributed by atoms with E-state index in [4.69, 9.17) is 0 Å². The lowest BCUT2D eigenvalue weighted by Crippen LogP contribution is -1.93. The van der Waals surface area contributed by atoms with Crippen LogP contribution in [0.4, 0.5) is 0 Å². The van der Waals surface area contributed by atoms with Crippen LogP contribution in [0, 0.1) is 6.92 Å². The highest BCUT2D eigenvalue weighted by Gasteiger charge is 2.11. The van der Waals surface area contributed by atoms with Gasteiger partial charge in [-0.15, -0.1) is 0 Å². The van der Waals surface area contributed by atoms with Crippen LogP contribution in [0.15, 0.2) is 61.3 Å². The van der Waals surface area contributed by atoms with Crippen LogP contribution in [0.2, 0.25) is 0 Å². The minimum absolute atomic E-state index is 0.945. The molecule has 3 aromatic heterocycles. The van der Waals surface area contributed by atoms with Gasteiger partial charge in [-0.25, -0.2) is 0 Å². The average Bonchev–Trinajstić information content (AvgIpc) is 2.49. The van der Waals surface area contributed by atoms with Gasteiger partial charge in [0, 0.05) is 47.7 Å². The van der Waals surface area contributed by atoms with Crippen molar-refractivity contribution in [2.24, 2.45) is 0 Å². The number of pyridine rings is 3. The Morgan fingerprint density at radius 2 is 1.47 bits per heavy atom. The second-order valence-electron chi connectivity index (χ2n) is 4.33. The Morgan fingerprint density at radius 1 is 0.789 bits per heavy atom. The summed E-state index contributed by atoms with van der Waals surface area (Å²) in [4.78, 5) is 12.9. The number of aromatic nitrogens is 3. The maximum atomic E-state index is 4.52. The fourth-order valence-electron chi connectivity index (χ4n) is 2.15. The molecule has 3 aromatic rings. The van der Waals surface area contributed by atoms with Gasteiger partial charge in [-0.1, -0.05) is 6.07 Å². The molecular formula is C16H13N3. The highest BCUT2D eigenvalue weighted by molar-refractivity contribution is 5.82. The zero-order valence-electron chi connectivity index (χ0n) is 10.6. The van der Waals surface area contributed by atoms with Gasteiger partial charge in [-0.2, -0.15) is 0 Å². The van der Waals surface area contributed by atoms with E-state index in [2.05, 4.69) is 27.9 Å². The molecule has 0 aliphatic heterocycles. The molecule has 0 bridgehead atoms. The molecule has 0 aliphatic rings. The average molecular weight is 247 g/mol. The van der Waals surface area contributed by atoms with Crippen LogP contribution >= 0.6 is 0 Å². The quantitative estimate of drug-likeness (QED) is 0.695. The second-order valence-corrected chi connectivity index (χ2v) is 4.33. The minimum Gasteiger partial charge on any atom is -0.264 e. The van der Waals surface area contributed by atoms with Crippen molar-refractivity contribution in [2.45, 2.75) is 6.92 Å². The van der Waals surface area contributed by atoms with Gasteiger partial charge in [0.1, 0.15) is 0 Å². The van der Waals surface area contributed by atoms with Gasteiger partial charge in [0.15, 0.2) is 0 Å². The molecule has 0 saturated carbocycles. The van der Waals surface area contributed by atoms with Crippen molar-refractivity contribution in [3.05, 3.63) is 66.9 Å². The van der Waals surface area contributed by atoms with Crippen molar-refractivity contribution in [1.82, 2.24) is 15.0 Å². The van der Waals surface area contributed by atoms with Crippen molar-refractivity contribution in [3.8, 4) is 22.4 Å². The van der Waals surface area contributed by atoms with Crippen LogP contribution in [0.25, 0.3) is 22.4 Å². The zero-order chi connectivity index (χ0) is 13.1. The van der Waals surface area contributed by atoms with E-state index in [0.717, 1.165) is 22.4 Å². The molecule has 0 spiro atoms. The van der Waals surface area contributed by atoms with Gasteiger partial charge >= 0.3 is 0 Å². The van der Waals surface area contributed by atoms with Crippen molar-refractivity contribution in [3.63, 3.8) is 0 Å². The van der Waals surface area contributed by atoms with Gasteiger partial charge in [-0.05, 0) is 36.8 Å². The third kappa shape index (κ3) is 2.22. The molecule has 3 heterocycles. The number of hydrogen-bond donors (Lipinski definition) is 0. The van der Waals surface area contributed by atoms with E-state index in [0.29, 0.717) is 0 Å². The van der Waals surface area contributed by atoms with Crippen LogP contribution in [0.3, 0.4) is 0 Å². The first-order valence-corrected chi connectivity index (χ1v) is 6.12. The largest absolute Gasteiger partial charge is 0.264 e. The normalized spacial score (nSPS) is 10.4. The number of nitrogens with zero attached hydrogens (tertiary/aromatic N) is 3. The molecule has 0 fully saturated rings. The summed E-state index contributed by atoms with van der Waals surface area (Å²) in [6.45, 7) is 2.09. The summed E-state index contributed by atoms with van der Waals surface area (Å²) >= 11 is 0. The third-order valence-corrected chi connectivity index (χ3v) is 3.04. The first-order valence-electron chi connectivity index (χ1n) is 6.12. The van der Waals surface area contributed by atoms with Gasteiger partial charge < -0.3 is 0 Å². The zero-order valence-corrected chi connectivity index (χ0v) is 10.6. The standard InChI is InChI=1S/C16H13N3/c1-12-6-9-19-16(14-5-3-8-18-11-14)15(12)13-4-2-7-17-10-13/h2-11H,1H3. The van der Waals surface area contributed by atoms with Gasteiger partial charge in [0.2, 0.25) is 0 Å². The highest BCUT2D eigenvalue weighted by Crippen LogP contribution is 2.31. The Balaban J connectivity index is 2.25. The molecule has 0 aromatic carbocycles. The molecule has 19 heavy (non-hydrogen) atoms. The molecule has 0 atom stereocenters. The Bertz CT molecular complexity index is 679. The van der Waals surface area contributed by atoms with E-state index in [1.165, 1.54) is 5.56 Å². The van der Waals surface area contributed by atoms with E-state index in [1.807, 2.05) is 42.9 Å². The number of hydrogen-bond acceptors (Lipinski definition) is 3. The maximum Gasteiger partial charge on any atom is 0.0798 e. The van der Waals surface area contributed by atoms with E-state index in [1.54, 1.807) is 12.4 Å². The Hall–Kier alpha value is -2.55. The summed E-state index contributed by atoms with van der Waals surface area (Å²) < 4.78 is 0. The molecule has 3 heteroatoms. The van der Waals surface area contributed by atoms with Crippen LogP contribution < -0.4 is 0 Å². The Morgan fingerprint density at radius 3 is 2.11 bits per heavy atom. The fraction of sp³-hybridized carbons (Fsp3) is 0.0625. The summed E-state index contributed by atoms with van der Waals surface area (Å²) in [5.74, 6) is 0. The fourth-order valence-corrected chi connectivity index (χ4v) is 2.15. The maximum absolute atomic E-state index is 4.52. The SMILES string of the molecule is Cc1ccnc(-c2cccnc2)c1-c1cccnc1. The van der Waals surface area contributed by atoms with E-state index in [-0.39, 0.29) is 0 Å². The second kappa shape index (κ2) is 4.98. The first kappa shape index (κ1) is 11.5. The summed E-state index contributed by atoms with van der Waals surface area (Å²) in [6, 6.07) is 9.95. The number of rotatable bonds is 2. The molecule has 0 N–H and O–H groups in total.